The summed E-state index contributed by atoms with van der Waals surface area (Å²) in [5.41, 5.74) is 5.22. The highest BCUT2D eigenvalue weighted by Crippen LogP contribution is 2.41. The van der Waals surface area contributed by atoms with Crippen molar-refractivity contribution in [1.29, 1.82) is 0 Å². The Bertz CT molecular complexity index is 1240. The van der Waals surface area contributed by atoms with E-state index in [-0.39, 0.29) is 11.8 Å². The van der Waals surface area contributed by atoms with Crippen molar-refractivity contribution in [3.63, 3.8) is 0 Å². The largest absolute Gasteiger partial charge is 0.310 e. The fourth-order valence-electron chi connectivity index (χ4n) is 3.80. The van der Waals surface area contributed by atoms with Crippen molar-refractivity contribution in [1.82, 2.24) is 14.8 Å². The van der Waals surface area contributed by atoms with Crippen molar-refractivity contribution >= 4 is 49.2 Å². The molecule has 1 N–H and O–H groups in total. The monoisotopic (exact) mass is 452 g/mol. The van der Waals surface area contributed by atoms with Gasteiger partial charge >= 0.3 is 0 Å². The second-order valence-electron chi connectivity index (χ2n) is 7.09. The molecule has 28 heavy (non-hydrogen) atoms. The second kappa shape index (κ2) is 6.53. The van der Waals surface area contributed by atoms with E-state index in [1.165, 1.54) is 5.56 Å². The molecule has 1 atom stereocenters. The van der Waals surface area contributed by atoms with Crippen molar-refractivity contribution < 1.29 is 4.79 Å². The van der Waals surface area contributed by atoms with Crippen LogP contribution in [0.25, 0.3) is 15.3 Å². The van der Waals surface area contributed by atoms with E-state index in [2.05, 4.69) is 52.4 Å². The molecule has 4 aromatic rings. The molecule has 0 saturated heterocycles. The van der Waals surface area contributed by atoms with Crippen LogP contribution in [0.5, 0.6) is 0 Å². The summed E-state index contributed by atoms with van der Waals surface area (Å²) in [5, 5.41) is 8.55. The zero-order chi connectivity index (χ0) is 19.4. The predicted octanol–water partition coefficient (Wildman–Crippen LogP) is 5.34. The highest BCUT2D eigenvalue weighted by atomic mass is 79.9. The van der Waals surface area contributed by atoms with Crippen molar-refractivity contribution in [2.75, 3.05) is 5.32 Å². The number of benzene rings is 2. The summed E-state index contributed by atoms with van der Waals surface area (Å²) >= 11 is 5.12. The van der Waals surface area contributed by atoms with E-state index in [9.17, 15) is 4.79 Å². The number of anilines is 1. The maximum Gasteiger partial charge on any atom is 0.226 e. The van der Waals surface area contributed by atoms with Crippen LogP contribution in [-0.2, 0) is 4.79 Å². The summed E-state index contributed by atoms with van der Waals surface area (Å²) in [7, 11) is 0. The van der Waals surface area contributed by atoms with Crippen molar-refractivity contribution in [2.24, 2.45) is 0 Å². The zero-order valence-corrected chi connectivity index (χ0v) is 17.8. The third-order valence-corrected chi connectivity index (χ3v) is 6.55. The van der Waals surface area contributed by atoms with Gasteiger partial charge in [0.25, 0.3) is 0 Å². The number of halogens is 1. The number of hydrogen-bond donors (Lipinski definition) is 1. The number of aromatic nitrogens is 3. The molecule has 1 amide bonds. The van der Waals surface area contributed by atoms with Gasteiger partial charge in [0.15, 0.2) is 0 Å². The van der Waals surface area contributed by atoms with Gasteiger partial charge < -0.3 is 5.32 Å². The maximum absolute atomic E-state index is 12.5. The Morgan fingerprint density at radius 2 is 2.07 bits per heavy atom. The van der Waals surface area contributed by atoms with Gasteiger partial charge in [-0.2, -0.15) is 9.78 Å². The molecule has 140 valence electrons. The first-order valence-electron chi connectivity index (χ1n) is 9.02. The van der Waals surface area contributed by atoms with Gasteiger partial charge in [-0.15, -0.1) is 0 Å². The van der Waals surface area contributed by atoms with Crippen LogP contribution in [0.1, 0.15) is 34.7 Å². The third-order valence-electron chi connectivity index (χ3n) is 5.07. The predicted molar refractivity (Wildman–Crippen MR) is 115 cm³/mol. The van der Waals surface area contributed by atoms with Gasteiger partial charge in [-0.25, -0.2) is 4.98 Å². The molecule has 0 spiro atoms. The van der Waals surface area contributed by atoms with Gasteiger partial charge in [0.1, 0.15) is 5.82 Å². The van der Waals surface area contributed by atoms with Gasteiger partial charge in [0.05, 0.1) is 15.9 Å². The fourth-order valence-corrected chi connectivity index (χ4v) is 5.24. The highest BCUT2D eigenvalue weighted by Gasteiger charge is 2.33. The Kier molecular flexibility index (Phi) is 4.10. The first-order valence-corrected chi connectivity index (χ1v) is 10.6. The fraction of sp³-hybridized carbons (Fsp3) is 0.190. The number of nitrogens with one attached hydrogen (secondary N) is 1. The number of carbonyl (C=O) groups excluding carboxylic acids is 1. The molecule has 5 rings (SSSR count). The van der Waals surface area contributed by atoms with Crippen LogP contribution in [0.15, 0.2) is 46.9 Å². The van der Waals surface area contributed by atoms with Crippen LogP contribution in [-0.4, -0.2) is 20.7 Å². The summed E-state index contributed by atoms with van der Waals surface area (Å²) in [6, 6.07) is 14.3. The lowest BCUT2D eigenvalue weighted by Crippen LogP contribution is -2.24. The van der Waals surface area contributed by atoms with Gasteiger partial charge in [-0.3, -0.25) is 4.79 Å². The van der Waals surface area contributed by atoms with Crippen molar-refractivity contribution in [3.05, 3.63) is 69.3 Å². The molecule has 7 heteroatoms. The highest BCUT2D eigenvalue weighted by molar-refractivity contribution is 9.10. The van der Waals surface area contributed by atoms with Crippen LogP contribution in [0, 0.1) is 13.8 Å². The molecule has 0 bridgehead atoms. The Balaban J connectivity index is 1.68. The number of hydrogen-bond acceptors (Lipinski definition) is 4. The number of amides is 1. The van der Waals surface area contributed by atoms with Crippen molar-refractivity contribution in [2.45, 2.75) is 26.2 Å². The van der Waals surface area contributed by atoms with E-state index in [1.54, 1.807) is 16.0 Å². The van der Waals surface area contributed by atoms with Gasteiger partial charge in [0.2, 0.25) is 11.0 Å². The molecule has 0 fully saturated rings. The summed E-state index contributed by atoms with van der Waals surface area (Å²) in [6.45, 7) is 4.07. The van der Waals surface area contributed by atoms with Gasteiger partial charge in [-0.1, -0.05) is 45.5 Å². The lowest BCUT2D eigenvalue weighted by molar-refractivity contribution is -0.116. The Morgan fingerprint density at radius 1 is 1.21 bits per heavy atom. The molecular weight excluding hydrogens is 436 g/mol. The van der Waals surface area contributed by atoms with Crippen LogP contribution >= 0.6 is 27.3 Å². The number of carbonyl (C=O) groups is 1. The van der Waals surface area contributed by atoms with Crippen LogP contribution < -0.4 is 5.32 Å². The topological polar surface area (TPSA) is 59.8 Å². The average Bonchev–Trinajstić information content (AvgIpc) is 3.21. The maximum atomic E-state index is 12.5. The standard InChI is InChI=1S/C21H17BrN4OS/c1-11-6-7-16-17(8-11)28-21(23-16)26-20-19(12(2)25-26)15(10-18(27)24-20)13-4-3-5-14(22)9-13/h3-9,15H,10H2,1-2H3,(H,24,27)/t15-/m0/s1. The minimum atomic E-state index is -0.0216. The molecular formula is C21H17BrN4OS. The van der Waals surface area contributed by atoms with Crippen molar-refractivity contribution in [3.8, 4) is 5.13 Å². The van der Waals surface area contributed by atoms with Crippen LogP contribution in [0.4, 0.5) is 5.82 Å². The van der Waals surface area contributed by atoms with E-state index in [4.69, 9.17) is 10.1 Å². The Morgan fingerprint density at radius 3 is 2.89 bits per heavy atom. The average molecular weight is 453 g/mol. The van der Waals surface area contributed by atoms with Gasteiger partial charge in [-0.05, 0) is 49.2 Å². The Hall–Kier alpha value is -2.51. The number of fused-ring (bicyclic) bond motifs is 2. The first kappa shape index (κ1) is 17.6. The van der Waals surface area contributed by atoms with E-state index >= 15 is 0 Å². The second-order valence-corrected chi connectivity index (χ2v) is 9.01. The number of thiazole rings is 1. The molecule has 0 aliphatic carbocycles. The molecule has 1 aliphatic heterocycles. The summed E-state index contributed by atoms with van der Waals surface area (Å²) in [4.78, 5) is 17.3. The summed E-state index contributed by atoms with van der Waals surface area (Å²) in [6.07, 6.45) is 0.412. The summed E-state index contributed by atoms with van der Waals surface area (Å²) in [5.74, 6) is 0.705. The molecule has 2 aromatic carbocycles. The molecule has 0 unspecified atom stereocenters. The first-order chi connectivity index (χ1) is 13.5. The minimum absolute atomic E-state index is 0.00409. The normalized spacial score (nSPS) is 16.2. The lowest BCUT2D eigenvalue weighted by atomic mass is 9.86. The molecule has 0 saturated carbocycles. The molecule has 2 aromatic heterocycles. The molecule has 5 nitrogen and oxygen atoms in total. The molecule has 0 radical (unpaired) electrons. The number of aryl methyl sites for hydroxylation is 2. The Labute approximate surface area is 174 Å². The smallest absolute Gasteiger partial charge is 0.226 e. The molecule has 1 aliphatic rings. The number of nitrogens with zero attached hydrogens (tertiary/aromatic N) is 3. The van der Waals surface area contributed by atoms with E-state index in [0.717, 1.165) is 42.5 Å². The third kappa shape index (κ3) is 2.86. The minimum Gasteiger partial charge on any atom is -0.310 e. The quantitative estimate of drug-likeness (QED) is 0.446. The summed E-state index contributed by atoms with van der Waals surface area (Å²) < 4.78 is 3.90. The SMILES string of the molecule is Cc1ccc2nc(-n3nc(C)c4c3NC(=O)C[C@H]4c3cccc(Br)c3)sc2c1. The van der Waals surface area contributed by atoms with Crippen LogP contribution in [0.3, 0.4) is 0 Å². The van der Waals surface area contributed by atoms with Gasteiger partial charge in [0, 0.05) is 22.4 Å². The van der Waals surface area contributed by atoms with E-state index < -0.39 is 0 Å². The zero-order valence-electron chi connectivity index (χ0n) is 15.4. The van der Waals surface area contributed by atoms with Crippen LogP contribution in [0.2, 0.25) is 0 Å². The van der Waals surface area contributed by atoms with E-state index in [0.29, 0.717) is 6.42 Å². The number of rotatable bonds is 2. The van der Waals surface area contributed by atoms with E-state index in [1.807, 2.05) is 25.1 Å². The lowest BCUT2D eigenvalue weighted by Gasteiger charge is -2.24. The molecule has 3 heterocycles.